The van der Waals surface area contributed by atoms with Crippen LogP contribution in [0.3, 0.4) is 0 Å². The first-order valence-corrected chi connectivity index (χ1v) is 7.56. The van der Waals surface area contributed by atoms with E-state index in [1.165, 1.54) is 0 Å². The van der Waals surface area contributed by atoms with Crippen molar-refractivity contribution in [2.45, 2.75) is 33.2 Å². The predicted octanol–water partition coefficient (Wildman–Crippen LogP) is 2.21. The lowest BCUT2D eigenvalue weighted by Gasteiger charge is -2.12. The Morgan fingerprint density at radius 2 is 2.00 bits per heavy atom. The summed E-state index contributed by atoms with van der Waals surface area (Å²) < 4.78 is 15.8. The molecular formula is C10H21O3Si. The van der Waals surface area contributed by atoms with Gasteiger partial charge in [0.15, 0.2) is 6.29 Å². The van der Waals surface area contributed by atoms with Gasteiger partial charge >= 0.3 is 0 Å². The molecule has 0 bridgehead atoms. The van der Waals surface area contributed by atoms with Crippen LogP contribution >= 0.6 is 0 Å². The van der Waals surface area contributed by atoms with Crippen molar-refractivity contribution < 1.29 is 14.2 Å². The predicted molar refractivity (Wildman–Crippen MR) is 59.6 cm³/mol. The lowest BCUT2D eigenvalue weighted by atomic mass is 10.7. The van der Waals surface area contributed by atoms with E-state index in [4.69, 9.17) is 14.2 Å². The number of hydrogen-bond acceptors (Lipinski definition) is 3. The van der Waals surface area contributed by atoms with Gasteiger partial charge < -0.3 is 14.2 Å². The molecule has 0 aromatic carbocycles. The van der Waals surface area contributed by atoms with E-state index in [0.29, 0.717) is 13.2 Å². The Kier molecular flexibility index (Phi) is 9.03. The van der Waals surface area contributed by atoms with Crippen LogP contribution in [0, 0.1) is 0 Å². The molecule has 0 aromatic rings. The zero-order valence-corrected chi connectivity index (χ0v) is 10.6. The summed E-state index contributed by atoms with van der Waals surface area (Å²) in [7, 11) is -0.345. The van der Waals surface area contributed by atoms with Crippen molar-refractivity contribution in [3.8, 4) is 0 Å². The molecule has 3 nitrogen and oxygen atoms in total. The topological polar surface area (TPSA) is 27.7 Å². The second-order valence-corrected chi connectivity index (χ2v) is 5.64. The first-order chi connectivity index (χ1) is 6.66. The van der Waals surface area contributed by atoms with Crippen molar-refractivity contribution in [1.29, 1.82) is 0 Å². The molecule has 0 spiro atoms. The summed E-state index contributed by atoms with van der Waals surface area (Å²) in [4.78, 5) is 0. The van der Waals surface area contributed by atoms with Crippen LogP contribution in [0.25, 0.3) is 0 Å². The maximum absolute atomic E-state index is 5.34. The normalized spacial score (nSPS) is 13.8. The molecule has 0 aliphatic rings. The summed E-state index contributed by atoms with van der Waals surface area (Å²) in [5, 5.41) is 0. The summed E-state index contributed by atoms with van der Waals surface area (Å²) in [6, 6.07) is 0. The average molecular weight is 217 g/mol. The van der Waals surface area contributed by atoms with Gasteiger partial charge in [-0.3, -0.25) is 0 Å². The second-order valence-electron chi connectivity index (χ2n) is 3.15. The molecule has 14 heavy (non-hydrogen) atoms. The third kappa shape index (κ3) is 9.76. The Balaban J connectivity index is 3.32. The van der Waals surface area contributed by atoms with Gasteiger partial charge in [-0.25, -0.2) is 0 Å². The van der Waals surface area contributed by atoms with Crippen molar-refractivity contribution in [3.63, 3.8) is 0 Å². The zero-order chi connectivity index (χ0) is 10.8. The smallest absolute Gasteiger partial charge is 0.196 e. The number of hydrogen-bond donors (Lipinski definition) is 0. The van der Waals surface area contributed by atoms with Gasteiger partial charge in [-0.15, -0.1) is 0 Å². The number of ether oxygens (including phenoxy) is 3. The molecular weight excluding hydrogens is 196 g/mol. The fourth-order valence-electron chi connectivity index (χ4n) is 0.743. The average Bonchev–Trinajstić information content (AvgIpc) is 2.12. The van der Waals surface area contributed by atoms with E-state index in [1.54, 1.807) is 6.26 Å². The Bertz CT molecular complexity index is 148. The van der Waals surface area contributed by atoms with E-state index in [-0.39, 0.29) is 15.1 Å². The van der Waals surface area contributed by atoms with Crippen molar-refractivity contribution >= 4 is 8.80 Å². The molecule has 0 fully saturated rings. The first kappa shape index (κ1) is 13.7. The minimum atomic E-state index is -0.345. The summed E-state index contributed by atoms with van der Waals surface area (Å²) in [6.07, 6.45) is 1.55. The monoisotopic (exact) mass is 217 g/mol. The molecule has 0 aliphatic carbocycles. The third-order valence-electron chi connectivity index (χ3n) is 1.46. The molecule has 1 radical (unpaired) electrons. The summed E-state index contributed by atoms with van der Waals surface area (Å²) >= 11 is 0. The van der Waals surface area contributed by atoms with Gasteiger partial charge in [0.2, 0.25) is 0 Å². The summed E-state index contributed by atoms with van der Waals surface area (Å²) in [5.41, 5.74) is 2.09. The lowest BCUT2D eigenvalue weighted by molar-refractivity contribution is -0.105. The van der Waals surface area contributed by atoms with Crippen LogP contribution in [0.2, 0.25) is 13.1 Å². The van der Waals surface area contributed by atoms with Gasteiger partial charge in [0.1, 0.15) is 0 Å². The lowest BCUT2D eigenvalue weighted by Crippen LogP contribution is -2.14. The van der Waals surface area contributed by atoms with Gasteiger partial charge in [0, 0.05) is 6.61 Å². The minimum absolute atomic E-state index is 0.187. The number of rotatable bonds is 8. The van der Waals surface area contributed by atoms with Gasteiger partial charge in [-0.05, 0) is 13.8 Å². The highest BCUT2D eigenvalue weighted by atomic mass is 28.3. The molecule has 0 aliphatic heterocycles. The highest BCUT2D eigenvalue weighted by Crippen LogP contribution is 1.95. The van der Waals surface area contributed by atoms with Crippen LogP contribution in [-0.2, 0) is 14.2 Å². The quantitative estimate of drug-likeness (QED) is 0.270. The highest BCUT2D eigenvalue weighted by Gasteiger charge is 1.98. The maximum Gasteiger partial charge on any atom is 0.196 e. The molecule has 1 atom stereocenters. The van der Waals surface area contributed by atoms with E-state index in [1.807, 2.05) is 13.8 Å². The van der Waals surface area contributed by atoms with E-state index >= 15 is 0 Å². The Hall–Kier alpha value is -0.323. The SMILES string of the molecule is CCOCCOC(C)O/C=C/[Si](C)C. The molecule has 0 heterocycles. The maximum atomic E-state index is 5.34. The molecule has 83 valence electrons. The first-order valence-electron chi connectivity index (χ1n) is 4.98. The molecule has 4 heteroatoms. The van der Waals surface area contributed by atoms with Crippen LogP contribution in [0.1, 0.15) is 13.8 Å². The van der Waals surface area contributed by atoms with E-state index in [9.17, 15) is 0 Å². The largest absolute Gasteiger partial charge is 0.474 e. The third-order valence-corrected chi connectivity index (χ3v) is 2.26. The van der Waals surface area contributed by atoms with Crippen molar-refractivity contribution in [3.05, 3.63) is 12.0 Å². The van der Waals surface area contributed by atoms with Gasteiger partial charge in [0.05, 0.1) is 28.3 Å². The molecule has 0 aromatic heterocycles. The standard InChI is InChI=1S/C10H21O3Si/c1-5-11-6-7-12-10(2)13-8-9-14(3)4/h8-10H,5-7H2,1-4H3/b9-8+. The molecule has 0 amide bonds. The van der Waals surface area contributed by atoms with Crippen LogP contribution in [-0.4, -0.2) is 34.9 Å². The van der Waals surface area contributed by atoms with Gasteiger partial charge in [0.25, 0.3) is 0 Å². The molecule has 0 N–H and O–H groups in total. The summed E-state index contributed by atoms with van der Waals surface area (Å²) in [5.74, 6) is 0. The zero-order valence-electron chi connectivity index (χ0n) is 9.58. The minimum Gasteiger partial charge on any atom is -0.474 e. The van der Waals surface area contributed by atoms with Crippen LogP contribution in [0.15, 0.2) is 12.0 Å². The van der Waals surface area contributed by atoms with Crippen molar-refractivity contribution in [2.24, 2.45) is 0 Å². The van der Waals surface area contributed by atoms with Crippen molar-refractivity contribution in [2.75, 3.05) is 19.8 Å². The Labute approximate surface area is 88.7 Å². The van der Waals surface area contributed by atoms with Gasteiger partial charge in [-0.2, -0.15) is 0 Å². The molecule has 0 saturated heterocycles. The Morgan fingerprint density at radius 3 is 2.57 bits per heavy atom. The van der Waals surface area contributed by atoms with E-state index in [2.05, 4.69) is 18.8 Å². The van der Waals surface area contributed by atoms with Crippen LogP contribution in [0.5, 0.6) is 0 Å². The van der Waals surface area contributed by atoms with Crippen LogP contribution < -0.4 is 0 Å². The van der Waals surface area contributed by atoms with Crippen LogP contribution in [0.4, 0.5) is 0 Å². The molecule has 0 saturated carbocycles. The van der Waals surface area contributed by atoms with E-state index < -0.39 is 0 Å². The highest BCUT2D eigenvalue weighted by molar-refractivity contribution is 6.61. The van der Waals surface area contributed by atoms with E-state index in [0.717, 1.165) is 6.61 Å². The second kappa shape index (κ2) is 9.24. The molecule has 1 unspecified atom stereocenters. The van der Waals surface area contributed by atoms with Gasteiger partial charge in [-0.1, -0.05) is 18.8 Å². The fourth-order valence-corrected chi connectivity index (χ4v) is 1.09. The fraction of sp³-hybridized carbons (Fsp3) is 0.800. The Morgan fingerprint density at radius 1 is 1.29 bits per heavy atom. The van der Waals surface area contributed by atoms with Crippen molar-refractivity contribution in [1.82, 2.24) is 0 Å². The summed E-state index contributed by atoms with van der Waals surface area (Å²) in [6.45, 7) is 10.2. The molecule has 0 rings (SSSR count).